The molecule has 0 aliphatic carbocycles. The van der Waals surface area contributed by atoms with E-state index in [9.17, 15) is 0 Å². The Kier molecular flexibility index (Phi) is 3.62. The third kappa shape index (κ3) is 2.88. The molecular weight excluding hydrogens is 210 g/mol. The zero-order chi connectivity index (χ0) is 11.2. The average molecular weight is 223 g/mol. The lowest BCUT2D eigenvalue weighted by Gasteiger charge is -1.98. The van der Waals surface area contributed by atoms with Crippen molar-refractivity contribution in [2.24, 2.45) is 0 Å². The van der Waals surface area contributed by atoms with Crippen molar-refractivity contribution in [2.75, 3.05) is 6.61 Å². The minimum absolute atomic E-state index is 0.0947. The number of nitrogens with one attached hydrogen (secondary N) is 1. The number of nitrogens with zero attached hydrogens (tertiary/aromatic N) is 4. The summed E-state index contributed by atoms with van der Waals surface area (Å²) in [5.74, 6) is 0.628. The van der Waals surface area contributed by atoms with Crippen LogP contribution in [0.25, 0.3) is 0 Å². The minimum Gasteiger partial charge on any atom is -0.394 e. The van der Waals surface area contributed by atoms with Gasteiger partial charge in [0.2, 0.25) is 6.39 Å². The third-order valence-corrected chi connectivity index (χ3v) is 2.04. The summed E-state index contributed by atoms with van der Waals surface area (Å²) in [4.78, 5) is 3.89. The zero-order valence-electron chi connectivity index (χ0n) is 8.70. The van der Waals surface area contributed by atoms with E-state index in [1.54, 1.807) is 10.9 Å². The van der Waals surface area contributed by atoms with Crippen LogP contribution in [0, 0.1) is 0 Å². The van der Waals surface area contributed by atoms with E-state index in [1.807, 2.05) is 6.20 Å². The van der Waals surface area contributed by atoms with Gasteiger partial charge < -0.3 is 14.9 Å². The van der Waals surface area contributed by atoms with Crippen molar-refractivity contribution in [2.45, 2.75) is 19.6 Å². The lowest BCUT2D eigenvalue weighted by molar-refractivity contribution is 0.269. The number of hydrogen-bond acceptors (Lipinski definition) is 6. The van der Waals surface area contributed by atoms with Gasteiger partial charge in [0.25, 0.3) is 0 Å². The van der Waals surface area contributed by atoms with E-state index in [0.29, 0.717) is 25.5 Å². The minimum atomic E-state index is 0.0947. The Morgan fingerprint density at radius 3 is 3.12 bits per heavy atom. The van der Waals surface area contributed by atoms with Crippen molar-refractivity contribution in [1.29, 1.82) is 0 Å². The van der Waals surface area contributed by atoms with Gasteiger partial charge in [0.05, 0.1) is 25.9 Å². The quantitative estimate of drug-likeness (QED) is 0.689. The topological polar surface area (TPSA) is 89.0 Å². The Morgan fingerprint density at radius 2 is 2.38 bits per heavy atom. The molecule has 0 radical (unpaired) electrons. The van der Waals surface area contributed by atoms with Crippen LogP contribution in [0.1, 0.15) is 11.4 Å². The highest BCUT2D eigenvalue weighted by molar-refractivity contribution is 5.03. The first kappa shape index (κ1) is 10.8. The molecule has 2 aromatic rings. The molecule has 0 aromatic carbocycles. The van der Waals surface area contributed by atoms with E-state index in [0.717, 1.165) is 5.56 Å². The van der Waals surface area contributed by atoms with Crippen LogP contribution in [0.3, 0.4) is 0 Å². The summed E-state index contributed by atoms with van der Waals surface area (Å²) in [5.41, 5.74) is 1.05. The van der Waals surface area contributed by atoms with Crippen LogP contribution in [0.4, 0.5) is 0 Å². The first-order valence-electron chi connectivity index (χ1n) is 4.96. The van der Waals surface area contributed by atoms with E-state index in [1.165, 1.54) is 6.39 Å². The number of aliphatic hydroxyl groups is 1. The summed E-state index contributed by atoms with van der Waals surface area (Å²) < 4.78 is 6.31. The fraction of sp³-hybridized carbons (Fsp3) is 0.444. The van der Waals surface area contributed by atoms with Crippen LogP contribution in [0.2, 0.25) is 0 Å². The molecule has 2 rings (SSSR count). The maximum Gasteiger partial charge on any atom is 0.213 e. The van der Waals surface area contributed by atoms with Crippen molar-refractivity contribution in [3.63, 3.8) is 0 Å². The molecule has 0 saturated carbocycles. The van der Waals surface area contributed by atoms with Gasteiger partial charge in [0.1, 0.15) is 0 Å². The highest BCUT2D eigenvalue weighted by atomic mass is 16.5. The molecule has 0 saturated heterocycles. The predicted octanol–water partition coefficient (Wildman–Crippen LogP) is -0.452. The number of aromatic nitrogens is 4. The molecule has 16 heavy (non-hydrogen) atoms. The fourth-order valence-corrected chi connectivity index (χ4v) is 1.31. The SMILES string of the molecule is OCCn1cc(CNCc2ncon2)cn1. The zero-order valence-corrected chi connectivity index (χ0v) is 8.70. The Balaban J connectivity index is 1.76. The highest BCUT2D eigenvalue weighted by Gasteiger charge is 2.00. The van der Waals surface area contributed by atoms with Gasteiger partial charge in [-0.1, -0.05) is 5.16 Å². The average Bonchev–Trinajstić information content (AvgIpc) is 2.90. The summed E-state index contributed by atoms with van der Waals surface area (Å²) in [7, 11) is 0. The molecule has 0 aliphatic heterocycles. The van der Waals surface area contributed by atoms with Crippen molar-refractivity contribution >= 4 is 0 Å². The van der Waals surface area contributed by atoms with Crippen LogP contribution in [-0.4, -0.2) is 31.6 Å². The molecule has 86 valence electrons. The maximum atomic E-state index is 8.73. The molecule has 0 atom stereocenters. The predicted molar refractivity (Wildman–Crippen MR) is 54.2 cm³/mol. The second-order valence-corrected chi connectivity index (χ2v) is 3.29. The largest absolute Gasteiger partial charge is 0.394 e. The van der Waals surface area contributed by atoms with Gasteiger partial charge in [-0.15, -0.1) is 0 Å². The van der Waals surface area contributed by atoms with E-state index in [4.69, 9.17) is 5.11 Å². The van der Waals surface area contributed by atoms with E-state index in [2.05, 4.69) is 25.1 Å². The Hall–Kier alpha value is -1.73. The summed E-state index contributed by atoms with van der Waals surface area (Å²) in [6, 6.07) is 0. The monoisotopic (exact) mass is 223 g/mol. The van der Waals surface area contributed by atoms with Crippen molar-refractivity contribution in [3.05, 3.63) is 30.2 Å². The third-order valence-electron chi connectivity index (χ3n) is 2.04. The molecule has 2 N–H and O–H groups in total. The van der Waals surface area contributed by atoms with Crippen molar-refractivity contribution in [3.8, 4) is 0 Å². The van der Waals surface area contributed by atoms with Crippen LogP contribution in [0.15, 0.2) is 23.3 Å². The normalized spacial score (nSPS) is 10.8. The lowest BCUT2D eigenvalue weighted by Crippen LogP contribution is -2.13. The molecule has 0 spiro atoms. The molecule has 7 heteroatoms. The first-order valence-corrected chi connectivity index (χ1v) is 4.96. The van der Waals surface area contributed by atoms with Gasteiger partial charge in [-0.3, -0.25) is 4.68 Å². The van der Waals surface area contributed by atoms with Crippen molar-refractivity contribution in [1.82, 2.24) is 25.2 Å². The lowest BCUT2D eigenvalue weighted by atomic mass is 10.3. The summed E-state index contributed by atoms with van der Waals surface area (Å²) in [5, 5.41) is 19.7. The van der Waals surface area contributed by atoms with Gasteiger partial charge in [-0.2, -0.15) is 10.1 Å². The maximum absolute atomic E-state index is 8.73. The van der Waals surface area contributed by atoms with Crippen molar-refractivity contribution < 1.29 is 9.63 Å². The first-order chi connectivity index (χ1) is 7.88. The molecule has 0 unspecified atom stereocenters. The van der Waals surface area contributed by atoms with Crippen LogP contribution in [0.5, 0.6) is 0 Å². The van der Waals surface area contributed by atoms with Gasteiger partial charge >= 0.3 is 0 Å². The fourth-order valence-electron chi connectivity index (χ4n) is 1.31. The van der Waals surface area contributed by atoms with Gasteiger partial charge in [-0.25, -0.2) is 0 Å². The van der Waals surface area contributed by atoms with E-state index >= 15 is 0 Å². The number of aliphatic hydroxyl groups excluding tert-OH is 1. The Bertz CT molecular complexity index is 411. The number of hydrogen-bond donors (Lipinski definition) is 2. The summed E-state index contributed by atoms with van der Waals surface area (Å²) in [6.45, 7) is 1.85. The van der Waals surface area contributed by atoms with Crippen LogP contribution in [-0.2, 0) is 19.6 Å². The Labute approximate surface area is 92.1 Å². The standard InChI is InChI=1S/C9H13N5O2/c15-2-1-14-6-8(4-12-14)3-10-5-9-11-7-16-13-9/h4,6-7,10,15H,1-3,5H2. The second kappa shape index (κ2) is 5.38. The molecular formula is C9H13N5O2. The van der Waals surface area contributed by atoms with Crippen LogP contribution >= 0.6 is 0 Å². The Morgan fingerprint density at radius 1 is 1.44 bits per heavy atom. The molecule has 2 aromatic heterocycles. The molecule has 0 bridgehead atoms. The van der Waals surface area contributed by atoms with Crippen LogP contribution < -0.4 is 5.32 Å². The highest BCUT2D eigenvalue weighted by Crippen LogP contribution is 1.97. The van der Waals surface area contributed by atoms with E-state index < -0.39 is 0 Å². The number of rotatable bonds is 6. The molecule has 7 nitrogen and oxygen atoms in total. The molecule has 2 heterocycles. The summed E-state index contributed by atoms with van der Waals surface area (Å²) in [6.07, 6.45) is 4.95. The molecule has 0 amide bonds. The van der Waals surface area contributed by atoms with Gasteiger partial charge in [0, 0.05) is 18.3 Å². The smallest absolute Gasteiger partial charge is 0.213 e. The van der Waals surface area contributed by atoms with Gasteiger partial charge in [-0.05, 0) is 0 Å². The second-order valence-electron chi connectivity index (χ2n) is 3.29. The molecule has 0 fully saturated rings. The molecule has 0 aliphatic rings. The van der Waals surface area contributed by atoms with Gasteiger partial charge in [0.15, 0.2) is 5.82 Å². The van der Waals surface area contributed by atoms with E-state index in [-0.39, 0.29) is 6.61 Å². The summed E-state index contributed by atoms with van der Waals surface area (Å²) >= 11 is 0.